The lowest BCUT2D eigenvalue weighted by molar-refractivity contribution is -0.402. The summed E-state index contributed by atoms with van der Waals surface area (Å²) in [5, 5.41) is 27.2. The van der Waals surface area contributed by atoms with Gasteiger partial charge in [-0.15, -0.1) is 0 Å². The minimum atomic E-state index is -0.636. The second kappa shape index (κ2) is 5.58. The number of nitrogens with zero attached hydrogens (tertiary/aromatic N) is 3. The summed E-state index contributed by atoms with van der Waals surface area (Å²) < 4.78 is 4.85. The van der Waals surface area contributed by atoms with E-state index in [-0.39, 0.29) is 17.4 Å². The first-order valence-corrected chi connectivity index (χ1v) is 5.25. The zero-order valence-electron chi connectivity index (χ0n) is 9.63. The van der Waals surface area contributed by atoms with Crippen molar-refractivity contribution in [3.05, 3.63) is 57.8 Å². The Morgan fingerprint density at radius 3 is 2.58 bits per heavy atom. The Bertz CT molecular complexity index is 646. The lowest BCUT2D eigenvalue weighted by atomic mass is 10.2. The Labute approximate surface area is 107 Å². The maximum absolute atomic E-state index is 10.4. The SMILES string of the molecule is O=[N+]([O-])c1ccc(C=N/N=C/c2ccccc2O)o1. The number of nitro groups is 1. The molecule has 0 bridgehead atoms. The molecular weight excluding hydrogens is 250 g/mol. The molecule has 1 N–H and O–H groups in total. The molecule has 0 amide bonds. The Morgan fingerprint density at radius 1 is 1.16 bits per heavy atom. The fraction of sp³-hybridized carbons (Fsp3) is 0. The predicted octanol–water partition coefficient (Wildman–Crippen LogP) is 2.35. The Balaban J connectivity index is 2.03. The zero-order chi connectivity index (χ0) is 13.7. The van der Waals surface area contributed by atoms with Crippen LogP contribution in [0.15, 0.2) is 51.0 Å². The normalized spacial score (nSPS) is 11.4. The summed E-state index contributed by atoms with van der Waals surface area (Å²) >= 11 is 0. The summed E-state index contributed by atoms with van der Waals surface area (Å²) in [6.07, 6.45) is 2.60. The summed E-state index contributed by atoms with van der Waals surface area (Å²) in [4.78, 5) is 9.74. The molecule has 0 aliphatic carbocycles. The second-order valence-corrected chi connectivity index (χ2v) is 3.48. The van der Waals surface area contributed by atoms with Crippen LogP contribution in [0.25, 0.3) is 0 Å². The maximum atomic E-state index is 10.4. The van der Waals surface area contributed by atoms with Crippen molar-refractivity contribution in [2.24, 2.45) is 10.2 Å². The molecule has 0 aliphatic rings. The van der Waals surface area contributed by atoms with Crippen molar-refractivity contribution in [2.75, 3.05) is 0 Å². The molecule has 0 saturated heterocycles. The number of aromatic hydroxyl groups is 1. The molecule has 0 fully saturated rings. The second-order valence-electron chi connectivity index (χ2n) is 3.48. The number of furan rings is 1. The fourth-order valence-corrected chi connectivity index (χ4v) is 1.29. The molecule has 19 heavy (non-hydrogen) atoms. The van der Waals surface area contributed by atoms with Gasteiger partial charge in [-0.25, -0.2) is 0 Å². The smallest absolute Gasteiger partial charge is 0.433 e. The van der Waals surface area contributed by atoms with Crippen molar-refractivity contribution < 1.29 is 14.4 Å². The number of phenolic OH excluding ortho intramolecular Hbond substituents is 1. The zero-order valence-corrected chi connectivity index (χ0v) is 9.63. The van der Waals surface area contributed by atoms with Gasteiger partial charge in [0.2, 0.25) is 0 Å². The van der Waals surface area contributed by atoms with E-state index in [1.54, 1.807) is 18.2 Å². The summed E-state index contributed by atoms with van der Waals surface area (Å²) in [7, 11) is 0. The van der Waals surface area contributed by atoms with Gasteiger partial charge in [-0.05, 0) is 18.2 Å². The standard InChI is InChI=1S/C12H9N3O4/c16-11-4-2-1-3-9(11)7-13-14-8-10-5-6-12(19-10)15(17)18/h1-8,16H/b13-7+,14-8?. The van der Waals surface area contributed by atoms with Crippen molar-refractivity contribution in [2.45, 2.75) is 0 Å². The van der Waals surface area contributed by atoms with E-state index in [0.29, 0.717) is 5.56 Å². The molecule has 2 aromatic rings. The van der Waals surface area contributed by atoms with Crippen molar-refractivity contribution in [3.8, 4) is 5.75 Å². The van der Waals surface area contributed by atoms with Gasteiger partial charge in [-0.1, -0.05) is 12.1 Å². The van der Waals surface area contributed by atoms with Crippen molar-refractivity contribution in [1.82, 2.24) is 0 Å². The van der Waals surface area contributed by atoms with E-state index in [1.807, 2.05) is 0 Å². The Morgan fingerprint density at radius 2 is 1.89 bits per heavy atom. The minimum absolute atomic E-state index is 0.0927. The van der Waals surface area contributed by atoms with Gasteiger partial charge in [0, 0.05) is 5.56 Å². The third-order valence-electron chi connectivity index (χ3n) is 2.18. The van der Waals surface area contributed by atoms with Gasteiger partial charge in [0.25, 0.3) is 0 Å². The van der Waals surface area contributed by atoms with Gasteiger partial charge >= 0.3 is 5.88 Å². The summed E-state index contributed by atoms with van der Waals surface area (Å²) in [6, 6.07) is 9.29. The van der Waals surface area contributed by atoms with E-state index in [9.17, 15) is 15.2 Å². The predicted molar refractivity (Wildman–Crippen MR) is 68.7 cm³/mol. The molecule has 96 valence electrons. The third kappa shape index (κ3) is 3.25. The van der Waals surface area contributed by atoms with E-state index in [0.717, 1.165) is 0 Å². The van der Waals surface area contributed by atoms with E-state index >= 15 is 0 Å². The summed E-state index contributed by atoms with van der Waals surface area (Å²) in [5.41, 5.74) is 0.519. The van der Waals surface area contributed by atoms with Crippen LogP contribution in [0.3, 0.4) is 0 Å². The molecule has 2 rings (SSSR count). The van der Waals surface area contributed by atoms with Crippen LogP contribution in [0.4, 0.5) is 5.88 Å². The largest absolute Gasteiger partial charge is 0.507 e. The molecule has 0 atom stereocenters. The molecule has 7 nitrogen and oxygen atoms in total. The number of hydrogen-bond donors (Lipinski definition) is 1. The van der Waals surface area contributed by atoms with Crippen LogP contribution in [0, 0.1) is 10.1 Å². The lowest BCUT2D eigenvalue weighted by Gasteiger charge is -1.94. The summed E-state index contributed by atoms with van der Waals surface area (Å²) in [5.74, 6) is -0.0395. The van der Waals surface area contributed by atoms with Crippen LogP contribution in [-0.2, 0) is 0 Å². The fourth-order valence-electron chi connectivity index (χ4n) is 1.29. The highest BCUT2D eigenvalue weighted by Gasteiger charge is 2.09. The number of rotatable bonds is 4. The van der Waals surface area contributed by atoms with Gasteiger partial charge in [0.05, 0.1) is 18.5 Å². The number of para-hydroxylation sites is 1. The third-order valence-corrected chi connectivity index (χ3v) is 2.18. The van der Waals surface area contributed by atoms with E-state index in [4.69, 9.17) is 4.42 Å². The van der Waals surface area contributed by atoms with Crippen molar-refractivity contribution in [3.63, 3.8) is 0 Å². The van der Waals surface area contributed by atoms with Crippen molar-refractivity contribution >= 4 is 18.3 Å². The molecule has 0 unspecified atom stereocenters. The quantitative estimate of drug-likeness (QED) is 0.517. The van der Waals surface area contributed by atoms with E-state index in [2.05, 4.69) is 10.2 Å². The molecule has 0 aliphatic heterocycles. The first kappa shape index (κ1) is 12.5. The molecule has 1 aromatic carbocycles. The van der Waals surface area contributed by atoms with E-state index in [1.165, 1.54) is 30.6 Å². The van der Waals surface area contributed by atoms with Gasteiger partial charge in [-0.3, -0.25) is 10.1 Å². The summed E-state index contributed by atoms with van der Waals surface area (Å²) in [6.45, 7) is 0. The highest BCUT2D eigenvalue weighted by Crippen LogP contribution is 2.14. The molecule has 0 saturated carbocycles. The number of hydrogen-bond acceptors (Lipinski definition) is 6. The number of phenols is 1. The van der Waals surface area contributed by atoms with Crippen LogP contribution < -0.4 is 0 Å². The highest BCUT2D eigenvalue weighted by molar-refractivity contribution is 5.84. The van der Waals surface area contributed by atoms with Crippen LogP contribution in [0.1, 0.15) is 11.3 Å². The van der Waals surface area contributed by atoms with Crippen LogP contribution in [0.2, 0.25) is 0 Å². The average molecular weight is 259 g/mol. The first-order chi connectivity index (χ1) is 9.16. The molecule has 7 heteroatoms. The van der Waals surface area contributed by atoms with Gasteiger partial charge in [0.1, 0.15) is 10.7 Å². The Kier molecular flexibility index (Phi) is 3.67. The first-order valence-electron chi connectivity index (χ1n) is 5.25. The molecular formula is C12H9N3O4. The van der Waals surface area contributed by atoms with Gasteiger partial charge in [0.15, 0.2) is 5.76 Å². The minimum Gasteiger partial charge on any atom is -0.507 e. The van der Waals surface area contributed by atoms with Gasteiger partial charge in [-0.2, -0.15) is 10.2 Å². The topological polar surface area (TPSA) is 101 Å². The van der Waals surface area contributed by atoms with Crippen LogP contribution in [0.5, 0.6) is 5.75 Å². The Hall–Kier alpha value is -2.96. The van der Waals surface area contributed by atoms with Crippen molar-refractivity contribution in [1.29, 1.82) is 0 Å². The van der Waals surface area contributed by atoms with E-state index < -0.39 is 4.92 Å². The highest BCUT2D eigenvalue weighted by atomic mass is 16.6. The molecule has 1 heterocycles. The molecule has 1 aromatic heterocycles. The van der Waals surface area contributed by atoms with Crippen LogP contribution in [-0.4, -0.2) is 22.5 Å². The molecule has 0 spiro atoms. The average Bonchev–Trinajstić information content (AvgIpc) is 2.85. The number of benzene rings is 1. The van der Waals surface area contributed by atoms with Gasteiger partial charge < -0.3 is 9.52 Å². The monoisotopic (exact) mass is 259 g/mol. The molecule has 0 radical (unpaired) electrons. The maximum Gasteiger partial charge on any atom is 0.433 e. The lowest BCUT2D eigenvalue weighted by Crippen LogP contribution is -1.83. The van der Waals surface area contributed by atoms with Crippen LogP contribution >= 0.6 is 0 Å².